The van der Waals surface area contributed by atoms with E-state index in [0.29, 0.717) is 30.4 Å². The van der Waals surface area contributed by atoms with E-state index in [-0.39, 0.29) is 34.1 Å². The predicted octanol–water partition coefficient (Wildman–Crippen LogP) is 6.88. The number of pyridine rings is 1. The molecule has 5 heterocycles. The molecule has 13 nitrogen and oxygen atoms in total. The van der Waals surface area contributed by atoms with Gasteiger partial charge in [0.05, 0.1) is 28.6 Å². The summed E-state index contributed by atoms with van der Waals surface area (Å²) in [6.45, 7) is 13.0. The van der Waals surface area contributed by atoms with Gasteiger partial charge in [0.15, 0.2) is 23.1 Å². The molecule has 4 aromatic heterocycles. The number of aliphatic hydroxyl groups is 3. The lowest BCUT2D eigenvalue weighted by atomic mass is 9.39. The summed E-state index contributed by atoms with van der Waals surface area (Å²) < 4.78 is 10.1. The van der Waals surface area contributed by atoms with Crippen LogP contribution in [0.3, 0.4) is 0 Å². The second-order valence-electron chi connectivity index (χ2n) is 18.2. The number of nitrogens with one attached hydrogen (secondary N) is 2. The first kappa shape index (κ1) is 38.5. The Morgan fingerprint density at radius 3 is 2.51 bits per heavy atom. The Hall–Kier alpha value is -4.05. The number of para-hydroxylation sites is 1. The van der Waals surface area contributed by atoms with Gasteiger partial charge in [0.25, 0.3) is 0 Å². The molecule has 5 aromatic rings. The van der Waals surface area contributed by atoms with Gasteiger partial charge in [-0.1, -0.05) is 37.3 Å². The first-order chi connectivity index (χ1) is 27.4. The maximum absolute atomic E-state index is 10.8. The number of thiazole rings is 1. The number of ether oxygens (including phenoxy) is 1. The van der Waals surface area contributed by atoms with Crippen molar-refractivity contribution in [2.24, 2.45) is 16.2 Å². The summed E-state index contributed by atoms with van der Waals surface area (Å²) in [6.07, 6.45) is 9.33. The molecule has 4 atom stereocenters. The fraction of sp³-hybridized carbons (Fsp3) is 0.558. The van der Waals surface area contributed by atoms with Crippen LogP contribution in [0.4, 0.5) is 22.6 Å². The molecule has 57 heavy (non-hydrogen) atoms. The van der Waals surface area contributed by atoms with Gasteiger partial charge in [0.2, 0.25) is 0 Å². The minimum atomic E-state index is -1.78. The number of aliphatic hydroxyl groups excluding tert-OH is 2. The number of aromatic nitrogens is 6. The molecule has 1 aromatic carbocycles. The first-order valence-corrected chi connectivity index (χ1v) is 21.3. The third-order valence-corrected chi connectivity index (χ3v) is 14.0. The van der Waals surface area contributed by atoms with Crippen molar-refractivity contribution in [1.29, 1.82) is 0 Å². The molecule has 5 N–H and O–H groups in total. The Morgan fingerprint density at radius 1 is 0.930 bits per heavy atom. The van der Waals surface area contributed by atoms with Gasteiger partial charge >= 0.3 is 0 Å². The van der Waals surface area contributed by atoms with Gasteiger partial charge in [-0.3, -0.25) is 4.68 Å². The van der Waals surface area contributed by atoms with E-state index in [0.717, 1.165) is 115 Å². The lowest BCUT2D eigenvalue weighted by Crippen LogP contribution is -2.64. The zero-order valence-corrected chi connectivity index (χ0v) is 34.3. The Balaban J connectivity index is 0.959. The van der Waals surface area contributed by atoms with Crippen molar-refractivity contribution in [2.75, 3.05) is 43.1 Å². The van der Waals surface area contributed by atoms with Crippen molar-refractivity contribution in [2.45, 2.75) is 104 Å². The fourth-order valence-corrected chi connectivity index (χ4v) is 12.9. The topological polar surface area (TPSA) is 167 Å². The number of hydrogen-bond acceptors (Lipinski definition) is 13. The molecule has 2 unspecified atom stereocenters. The summed E-state index contributed by atoms with van der Waals surface area (Å²) in [5.74, 6) is 2.00. The smallest absolute Gasteiger partial charge is 0.196 e. The maximum atomic E-state index is 10.8. The van der Waals surface area contributed by atoms with E-state index < -0.39 is 6.29 Å². The van der Waals surface area contributed by atoms with E-state index in [9.17, 15) is 10.2 Å². The summed E-state index contributed by atoms with van der Waals surface area (Å²) in [6, 6.07) is 11.9. The van der Waals surface area contributed by atoms with Crippen LogP contribution in [-0.2, 0) is 17.7 Å². The van der Waals surface area contributed by atoms with Crippen LogP contribution in [0.5, 0.6) is 0 Å². The van der Waals surface area contributed by atoms with Gasteiger partial charge in [0.1, 0.15) is 11.5 Å². The van der Waals surface area contributed by atoms with Crippen LogP contribution in [0.2, 0.25) is 0 Å². The molecule has 14 heteroatoms. The molecule has 4 aliphatic carbocycles. The molecule has 5 aliphatic rings. The quantitative estimate of drug-likeness (QED) is 0.0586. The number of rotatable bonds is 14. The standard InChI is InChI=1S/C43H55N9O4S/c1-27-29-9-7-16-51(37(29)50-49-36(27)48-39-46-32-10-5-6-11-33(32)57-39)34-13-12-30(35(47-34)38(54)55)31-19-45-52(28(31)2)26-42-21-40(3)20-41(4,22-42)24-43(23-40,25-42)56-18-15-44-14-8-17-53/h5-6,10-13,19,38,44,53-55H,7-9,14-18,20-26H2,1-4H3,(H,46,48,49)/t40-,41+,42?,43?. The van der Waals surface area contributed by atoms with Crippen LogP contribution in [0.25, 0.3) is 21.3 Å². The summed E-state index contributed by atoms with van der Waals surface area (Å²) in [5, 5.41) is 52.5. The highest BCUT2D eigenvalue weighted by Crippen LogP contribution is 2.72. The van der Waals surface area contributed by atoms with Crippen molar-refractivity contribution in [1.82, 2.24) is 35.3 Å². The molecule has 1 aliphatic heterocycles. The van der Waals surface area contributed by atoms with Crippen molar-refractivity contribution in [3.8, 4) is 11.1 Å². The molecule has 302 valence electrons. The van der Waals surface area contributed by atoms with Crippen molar-refractivity contribution < 1.29 is 20.1 Å². The van der Waals surface area contributed by atoms with E-state index in [1.807, 2.05) is 41.4 Å². The Morgan fingerprint density at radius 2 is 1.74 bits per heavy atom. The molecule has 4 bridgehead atoms. The second kappa shape index (κ2) is 14.6. The molecule has 0 saturated heterocycles. The minimum absolute atomic E-state index is 0.0582. The molecule has 4 fully saturated rings. The highest BCUT2D eigenvalue weighted by atomic mass is 32.1. The monoisotopic (exact) mass is 793 g/mol. The fourth-order valence-electron chi connectivity index (χ4n) is 12.0. The number of anilines is 4. The van der Waals surface area contributed by atoms with Crippen LogP contribution >= 0.6 is 11.3 Å². The molecule has 4 saturated carbocycles. The van der Waals surface area contributed by atoms with Crippen molar-refractivity contribution in [3.05, 3.63) is 65.1 Å². The average Bonchev–Trinajstić information content (AvgIpc) is 3.74. The van der Waals surface area contributed by atoms with Gasteiger partial charge in [-0.05, 0) is 119 Å². The Bertz CT molecular complexity index is 2240. The summed E-state index contributed by atoms with van der Waals surface area (Å²) in [7, 11) is 0. The summed E-state index contributed by atoms with van der Waals surface area (Å²) in [4.78, 5) is 11.6. The molecule has 10 rings (SSSR count). The van der Waals surface area contributed by atoms with Crippen LogP contribution in [0, 0.1) is 30.1 Å². The number of benzene rings is 1. The lowest BCUT2D eigenvalue weighted by Gasteiger charge is -2.69. The van der Waals surface area contributed by atoms with E-state index in [2.05, 4.69) is 59.3 Å². The Kier molecular flexibility index (Phi) is 9.89. The largest absolute Gasteiger partial charge is 0.396 e. The van der Waals surface area contributed by atoms with Crippen LogP contribution in [0.15, 0.2) is 42.6 Å². The lowest BCUT2D eigenvalue weighted by molar-refractivity contribution is -0.247. The van der Waals surface area contributed by atoms with Gasteiger partial charge < -0.3 is 35.6 Å². The van der Waals surface area contributed by atoms with Gasteiger partial charge in [-0.2, -0.15) is 5.10 Å². The molecule has 0 radical (unpaired) electrons. The first-order valence-electron chi connectivity index (χ1n) is 20.5. The van der Waals surface area contributed by atoms with Crippen LogP contribution in [0.1, 0.15) is 94.0 Å². The van der Waals surface area contributed by atoms with Crippen molar-refractivity contribution in [3.63, 3.8) is 0 Å². The number of fused-ring (bicyclic) bond motifs is 2. The second-order valence-corrected chi connectivity index (χ2v) is 19.2. The third kappa shape index (κ3) is 7.22. The van der Waals surface area contributed by atoms with E-state index >= 15 is 0 Å². The highest BCUT2D eigenvalue weighted by molar-refractivity contribution is 7.22. The predicted molar refractivity (Wildman–Crippen MR) is 222 cm³/mol. The molecular weight excluding hydrogens is 739 g/mol. The van der Waals surface area contributed by atoms with E-state index in [1.54, 1.807) is 11.3 Å². The van der Waals surface area contributed by atoms with Gasteiger partial charge in [0, 0.05) is 54.2 Å². The summed E-state index contributed by atoms with van der Waals surface area (Å²) >= 11 is 1.58. The highest BCUT2D eigenvalue weighted by Gasteiger charge is 2.66. The molecular formula is C43H55N9O4S. The van der Waals surface area contributed by atoms with E-state index in [4.69, 9.17) is 24.9 Å². The third-order valence-electron chi connectivity index (χ3n) is 13.1. The van der Waals surface area contributed by atoms with E-state index in [1.165, 1.54) is 6.42 Å². The minimum Gasteiger partial charge on any atom is -0.396 e. The Labute approximate surface area is 337 Å². The van der Waals surface area contributed by atoms with Gasteiger partial charge in [-0.25, -0.2) is 9.97 Å². The average molecular weight is 794 g/mol. The number of nitrogens with zero attached hydrogens (tertiary/aromatic N) is 7. The zero-order valence-electron chi connectivity index (χ0n) is 33.5. The van der Waals surface area contributed by atoms with Crippen LogP contribution in [-0.4, -0.2) is 83.7 Å². The number of hydrogen-bond donors (Lipinski definition) is 5. The zero-order chi connectivity index (χ0) is 39.6. The van der Waals surface area contributed by atoms with Crippen LogP contribution < -0.4 is 15.5 Å². The van der Waals surface area contributed by atoms with Gasteiger partial charge in [-0.15, -0.1) is 10.2 Å². The van der Waals surface area contributed by atoms with Crippen molar-refractivity contribution >= 4 is 44.1 Å². The molecule has 0 amide bonds. The SMILES string of the molecule is Cc1c(Nc2nc3ccccc3s2)nnc2c1CCCN2c1ccc(-c2cnn(CC34CC5(OCCNCCCO)C[C@](C)(C3)C[C@](C)(C4)C5)c2C)c(C(O)O)n1. The molecule has 0 spiro atoms. The normalized spacial score (nSPS) is 26.5. The maximum Gasteiger partial charge on any atom is 0.196 e. The summed E-state index contributed by atoms with van der Waals surface area (Å²) in [5.41, 5.74) is 6.08.